The van der Waals surface area contributed by atoms with E-state index < -0.39 is 0 Å². The summed E-state index contributed by atoms with van der Waals surface area (Å²) >= 11 is 0. The molecule has 1 aromatic heterocycles. The Hall–Kier alpha value is -1.85. The van der Waals surface area contributed by atoms with Crippen LogP contribution < -0.4 is 9.80 Å². The zero-order chi connectivity index (χ0) is 16.3. The summed E-state index contributed by atoms with van der Waals surface area (Å²) in [7, 11) is 3.94. The molecule has 0 bridgehead atoms. The minimum absolute atomic E-state index is 0.220. The largest absolute Gasteiger partial charge is 0.363 e. The highest BCUT2D eigenvalue weighted by Crippen LogP contribution is 2.20. The molecule has 0 unspecified atom stereocenters. The second kappa shape index (κ2) is 6.50. The SMILES string of the molecule is CN(C)c1ccnc(N2CCCN(C(=O)C(C)(C)C)CC2)n1. The highest BCUT2D eigenvalue weighted by atomic mass is 16.2. The highest BCUT2D eigenvalue weighted by molar-refractivity contribution is 5.81. The van der Waals surface area contributed by atoms with Gasteiger partial charge in [0.25, 0.3) is 0 Å². The molecule has 0 N–H and O–H groups in total. The van der Waals surface area contributed by atoms with Crippen molar-refractivity contribution in [1.29, 1.82) is 0 Å². The van der Waals surface area contributed by atoms with Crippen molar-refractivity contribution in [3.8, 4) is 0 Å². The fraction of sp³-hybridized carbons (Fsp3) is 0.688. The number of rotatable bonds is 2. The van der Waals surface area contributed by atoms with Crippen LogP contribution in [0.1, 0.15) is 27.2 Å². The van der Waals surface area contributed by atoms with Gasteiger partial charge in [-0.05, 0) is 12.5 Å². The first-order chi connectivity index (χ1) is 10.3. The molecule has 0 atom stereocenters. The van der Waals surface area contributed by atoms with Gasteiger partial charge in [-0.15, -0.1) is 0 Å². The lowest BCUT2D eigenvalue weighted by molar-refractivity contribution is -0.139. The van der Waals surface area contributed by atoms with Crippen molar-refractivity contribution in [1.82, 2.24) is 14.9 Å². The van der Waals surface area contributed by atoms with E-state index in [1.54, 1.807) is 6.20 Å². The van der Waals surface area contributed by atoms with Gasteiger partial charge in [0.15, 0.2) is 0 Å². The first-order valence-corrected chi connectivity index (χ1v) is 7.84. The van der Waals surface area contributed by atoms with Gasteiger partial charge in [0.05, 0.1) is 0 Å². The molecule has 1 aliphatic rings. The van der Waals surface area contributed by atoms with Crippen molar-refractivity contribution in [2.75, 3.05) is 50.1 Å². The summed E-state index contributed by atoms with van der Waals surface area (Å²) in [5.41, 5.74) is -0.323. The van der Waals surface area contributed by atoms with E-state index in [0.717, 1.165) is 44.4 Å². The number of carbonyl (C=O) groups excluding carboxylic acids is 1. The average Bonchev–Trinajstić information content (AvgIpc) is 2.71. The highest BCUT2D eigenvalue weighted by Gasteiger charge is 2.28. The van der Waals surface area contributed by atoms with E-state index in [1.165, 1.54) is 0 Å². The summed E-state index contributed by atoms with van der Waals surface area (Å²) in [4.78, 5) is 27.5. The van der Waals surface area contributed by atoms with E-state index >= 15 is 0 Å². The predicted octanol–water partition coefficient (Wildman–Crippen LogP) is 1.63. The fourth-order valence-corrected chi connectivity index (χ4v) is 2.54. The number of carbonyl (C=O) groups is 1. The number of hydrogen-bond acceptors (Lipinski definition) is 5. The second-order valence-corrected chi connectivity index (χ2v) is 6.99. The molecule has 1 fully saturated rings. The van der Waals surface area contributed by atoms with Crippen LogP contribution in [0.25, 0.3) is 0 Å². The Morgan fingerprint density at radius 3 is 2.55 bits per heavy atom. The summed E-state index contributed by atoms with van der Waals surface area (Å²) in [5, 5.41) is 0. The number of aromatic nitrogens is 2. The lowest BCUT2D eigenvalue weighted by Gasteiger charge is -2.28. The fourth-order valence-electron chi connectivity index (χ4n) is 2.54. The van der Waals surface area contributed by atoms with Crippen molar-refractivity contribution < 1.29 is 4.79 Å². The smallest absolute Gasteiger partial charge is 0.228 e. The molecular weight excluding hydrogens is 278 g/mol. The van der Waals surface area contributed by atoms with Gasteiger partial charge >= 0.3 is 0 Å². The summed E-state index contributed by atoms with van der Waals surface area (Å²) in [6.45, 7) is 9.11. The molecule has 0 aromatic carbocycles. The van der Waals surface area contributed by atoms with Gasteiger partial charge in [-0.3, -0.25) is 4.79 Å². The van der Waals surface area contributed by atoms with Gasteiger partial charge in [-0.2, -0.15) is 4.98 Å². The quantitative estimate of drug-likeness (QED) is 0.831. The van der Waals surface area contributed by atoms with Crippen LogP contribution in [0.4, 0.5) is 11.8 Å². The number of anilines is 2. The first-order valence-electron chi connectivity index (χ1n) is 7.84. The molecule has 0 aliphatic carbocycles. The maximum Gasteiger partial charge on any atom is 0.228 e. The van der Waals surface area contributed by atoms with Crippen LogP contribution in [-0.4, -0.2) is 61.0 Å². The number of nitrogens with zero attached hydrogens (tertiary/aromatic N) is 5. The standard InChI is InChI=1S/C16H27N5O/c1-16(2,3)14(22)20-9-6-10-21(12-11-20)15-17-8-7-13(18-15)19(4)5/h7-8H,6,9-12H2,1-5H3. The van der Waals surface area contributed by atoms with Crippen LogP contribution in [0.5, 0.6) is 0 Å². The third kappa shape index (κ3) is 3.87. The topological polar surface area (TPSA) is 52.6 Å². The Labute approximate surface area is 133 Å². The maximum absolute atomic E-state index is 12.4. The minimum Gasteiger partial charge on any atom is -0.363 e. The van der Waals surface area contributed by atoms with Gasteiger partial charge in [-0.1, -0.05) is 20.8 Å². The molecular formula is C16H27N5O. The average molecular weight is 305 g/mol. The summed E-state index contributed by atoms with van der Waals surface area (Å²) in [6.07, 6.45) is 2.73. The van der Waals surface area contributed by atoms with Gasteiger partial charge < -0.3 is 14.7 Å². The maximum atomic E-state index is 12.4. The summed E-state index contributed by atoms with van der Waals surface area (Å²) < 4.78 is 0. The molecule has 0 spiro atoms. The molecule has 0 radical (unpaired) electrons. The van der Waals surface area contributed by atoms with Crippen molar-refractivity contribution in [3.63, 3.8) is 0 Å². The Balaban J connectivity index is 2.07. The Bertz CT molecular complexity index is 524. The molecule has 2 rings (SSSR count). The van der Waals surface area contributed by atoms with E-state index in [4.69, 9.17) is 0 Å². The van der Waals surface area contributed by atoms with Crippen LogP contribution in [0.15, 0.2) is 12.3 Å². The van der Waals surface area contributed by atoms with E-state index in [9.17, 15) is 4.79 Å². The van der Waals surface area contributed by atoms with Crippen molar-refractivity contribution in [3.05, 3.63) is 12.3 Å². The molecule has 1 aromatic rings. The summed E-state index contributed by atoms with van der Waals surface area (Å²) in [6, 6.07) is 1.90. The Morgan fingerprint density at radius 2 is 1.91 bits per heavy atom. The van der Waals surface area contributed by atoms with Crippen LogP contribution in [0, 0.1) is 5.41 Å². The molecule has 1 aliphatic heterocycles. The molecule has 6 nitrogen and oxygen atoms in total. The van der Waals surface area contributed by atoms with Gasteiger partial charge in [0.1, 0.15) is 5.82 Å². The third-order valence-corrected chi connectivity index (χ3v) is 3.79. The zero-order valence-corrected chi connectivity index (χ0v) is 14.3. The normalized spacial score (nSPS) is 16.4. The van der Waals surface area contributed by atoms with Gasteiger partial charge in [0, 0.05) is 51.9 Å². The van der Waals surface area contributed by atoms with Crippen LogP contribution in [0.2, 0.25) is 0 Å². The van der Waals surface area contributed by atoms with Gasteiger partial charge in [0.2, 0.25) is 11.9 Å². The van der Waals surface area contributed by atoms with E-state index in [2.05, 4.69) is 14.9 Å². The predicted molar refractivity (Wildman–Crippen MR) is 89.2 cm³/mol. The van der Waals surface area contributed by atoms with E-state index in [0.29, 0.717) is 0 Å². The van der Waals surface area contributed by atoms with E-state index in [1.807, 2.05) is 50.7 Å². The number of hydrogen-bond donors (Lipinski definition) is 0. The minimum atomic E-state index is -0.323. The lowest BCUT2D eigenvalue weighted by atomic mass is 9.94. The number of amides is 1. The second-order valence-electron chi connectivity index (χ2n) is 6.99. The third-order valence-electron chi connectivity index (χ3n) is 3.79. The van der Waals surface area contributed by atoms with Crippen LogP contribution in [-0.2, 0) is 4.79 Å². The molecule has 6 heteroatoms. The monoisotopic (exact) mass is 305 g/mol. The first kappa shape index (κ1) is 16.5. The Morgan fingerprint density at radius 1 is 1.18 bits per heavy atom. The molecule has 1 amide bonds. The summed E-state index contributed by atoms with van der Waals surface area (Å²) in [5.74, 6) is 1.87. The van der Waals surface area contributed by atoms with Crippen molar-refractivity contribution in [2.45, 2.75) is 27.2 Å². The van der Waals surface area contributed by atoms with Gasteiger partial charge in [-0.25, -0.2) is 4.98 Å². The van der Waals surface area contributed by atoms with Crippen molar-refractivity contribution >= 4 is 17.7 Å². The van der Waals surface area contributed by atoms with Crippen LogP contribution >= 0.6 is 0 Å². The molecule has 122 valence electrons. The lowest BCUT2D eigenvalue weighted by Crippen LogP contribution is -2.41. The zero-order valence-electron chi connectivity index (χ0n) is 14.3. The molecule has 2 heterocycles. The molecule has 22 heavy (non-hydrogen) atoms. The van der Waals surface area contributed by atoms with Crippen molar-refractivity contribution in [2.24, 2.45) is 5.41 Å². The molecule has 0 saturated carbocycles. The van der Waals surface area contributed by atoms with Crippen LogP contribution in [0.3, 0.4) is 0 Å². The Kier molecular flexibility index (Phi) is 4.88. The van der Waals surface area contributed by atoms with E-state index in [-0.39, 0.29) is 11.3 Å². The molecule has 1 saturated heterocycles.